The van der Waals surface area contributed by atoms with Gasteiger partial charge in [0.25, 0.3) is 0 Å². The fourth-order valence-corrected chi connectivity index (χ4v) is 4.16. The van der Waals surface area contributed by atoms with Gasteiger partial charge in [0.2, 0.25) is 0 Å². The predicted octanol–water partition coefficient (Wildman–Crippen LogP) is 6.18. The van der Waals surface area contributed by atoms with Gasteiger partial charge in [0.1, 0.15) is 25.4 Å². The van der Waals surface area contributed by atoms with Crippen LogP contribution in [-0.4, -0.2) is 38.6 Å². The molecule has 0 bridgehead atoms. The Labute approximate surface area is 189 Å². The summed E-state index contributed by atoms with van der Waals surface area (Å²) in [5.74, 6) is 0.927. The van der Waals surface area contributed by atoms with E-state index in [9.17, 15) is 0 Å². The molecule has 2 unspecified atom stereocenters. The lowest BCUT2D eigenvalue weighted by Gasteiger charge is -2.28. The maximum atomic E-state index is 6.46. The van der Waals surface area contributed by atoms with Crippen molar-refractivity contribution >= 4 is 46.4 Å². The molecule has 2 atom stereocenters. The summed E-state index contributed by atoms with van der Waals surface area (Å²) in [6.07, 6.45) is 0.240. The van der Waals surface area contributed by atoms with Gasteiger partial charge in [0.15, 0.2) is 11.5 Å². The number of benzene rings is 2. The smallest absolute Gasteiger partial charge is 0.156 e. The van der Waals surface area contributed by atoms with Gasteiger partial charge in [-0.3, -0.25) is 0 Å². The van der Waals surface area contributed by atoms with Crippen LogP contribution in [-0.2, 0) is 14.9 Å². The molecule has 4 rings (SSSR count). The molecule has 2 aliphatic rings. The summed E-state index contributed by atoms with van der Waals surface area (Å²) in [7, 11) is 0. The van der Waals surface area contributed by atoms with Crippen LogP contribution in [0.2, 0.25) is 20.1 Å². The van der Waals surface area contributed by atoms with E-state index >= 15 is 0 Å². The first kappa shape index (κ1) is 21.4. The van der Waals surface area contributed by atoms with Crippen molar-refractivity contribution < 1.29 is 18.9 Å². The monoisotopic (exact) mass is 476 g/mol. The van der Waals surface area contributed by atoms with Gasteiger partial charge in [0, 0.05) is 5.41 Å². The van der Waals surface area contributed by atoms with Crippen molar-refractivity contribution in [3.63, 3.8) is 0 Å². The predicted molar refractivity (Wildman–Crippen MR) is 116 cm³/mol. The normalized spacial score (nSPS) is 20.5. The zero-order valence-corrected chi connectivity index (χ0v) is 19.0. The van der Waals surface area contributed by atoms with E-state index in [-0.39, 0.29) is 12.2 Å². The molecule has 2 heterocycles. The summed E-state index contributed by atoms with van der Waals surface area (Å²) in [6, 6.07) is 7.42. The molecular weight excluding hydrogens is 458 g/mol. The Bertz CT molecular complexity index is 803. The SMILES string of the molecule is CC(C)(c1cc(Cl)c(OCC2CO2)c(Cl)c1)c1cc(Cl)c(OCC2CO2)c(Cl)c1. The molecule has 29 heavy (non-hydrogen) atoms. The van der Waals surface area contributed by atoms with E-state index < -0.39 is 5.41 Å². The van der Waals surface area contributed by atoms with Crippen molar-refractivity contribution in [2.45, 2.75) is 31.5 Å². The van der Waals surface area contributed by atoms with Crippen LogP contribution >= 0.6 is 46.4 Å². The molecule has 2 fully saturated rings. The molecule has 2 aromatic carbocycles. The summed E-state index contributed by atoms with van der Waals surface area (Å²) < 4.78 is 21.7. The van der Waals surface area contributed by atoms with Gasteiger partial charge in [0.05, 0.1) is 33.3 Å². The molecule has 2 aliphatic heterocycles. The van der Waals surface area contributed by atoms with Crippen LogP contribution in [0.3, 0.4) is 0 Å². The van der Waals surface area contributed by atoms with Crippen molar-refractivity contribution in [3.8, 4) is 11.5 Å². The highest BCUT2D eigenvalue weighted by Gasteiger charge is 2.29. The fraction of sp³-hybridized carbons (Fsp3) is 0.429. The first-order valence-corrected chi connectivity index (χ1v) is 10.7. The third-order valence-electron chi connectivity index (χ3n) is 5.07. The Morgan fingerprint density at radius 1 is 0.759 bits per heavy atom. The summed E-state index contributed by atoms with van der Waals surface area (Å²) >= 11 is 25.8. The van der Waals surface area contributed by atoms with E-state index in [0.29, 0.717) is 58.0 Å². The largest absolute Gasteiger partial charge is 0.488 e. The molecule has 0 saturated carbocycles. The molecule has 8 heteroatoms. The Morgan fingerprint density at radius 3 is 1.34 bits per heavy atom. The second-order valence-corrected chi connectivity index (χ2v) is 9.32. The maximum Gasteiger partial charge on any atom is 0.156 e. The van der Waals surface area contributed by atoms with E-state index in [0.717, 1.165) is 11.1 Å². The van der Waals surface area contributed by atoms with E-state index in [4.69, 9.17) is 65.4 Å². The summed E-state index contributed by atoms with van der Waals surface area (Å²) in [5, 5.41) is 1.79. The number of halogens is 4. The third-order valence-corrected chi connectivity index (χ3v) is 6.19. The molecule has 2 saturated heterocycles. The first-order chi connectivity index (χ1) is 13.8. The van der Waals surface area contributed by atoms with Crippen LogP contribution in [0.4, 0.5) is 0 Å². The van der Waals surface area contributed by atoms with Crippen LogP contribution in [0.15, 0.2) is 24.3 Å². The number of hydrogen-bond acceptors (Lipinski definition) is 4. The molecule has 0 aliphatic carbocycles. The van der Waals surface area contributed by atoms with Gasteiger partial charge in [-0.15, -0.1) is 0 Å². The number of rotatable bonds is 8. The quantitative estimate of drug-likeness (QED) is 0.425. The fourth-order valence-electron chi connectivity index (χ4n) is 2.97. The average molecular weight is 478 g/mol. The lowest BCUT2D eigenvalue weighted by atomic mass is 9.78. The highest BCUT2D eigenvalue weighted by molar-refractivity contribution is 6.38. The molecule has 0 radical (unpaired) electrons. The number of hydrogen-bond donors (Lipinski definition) is 0. The molecule has 4 nitrogen and oxygen atoms in total. The van der Waals surface area contributed by atoms with Crippen LogP contribution in [0.25, 0.3) is 0 Å². The first-order valence-electron chi connectivity index (χ1n) is 9.23. The molecule has 156 valence electrons. The van der Waals surface area contributed by atoms with Gasteiger partial charge in [-0.25, -0.2) is 0 Å². The van der Waals surface area contributed by atoms with Gasteiger partial charge in [-0.1, -0.05) is 60.3 Å². The molecule has 0 spiro atoms. The number of epoxide rings is 2. The lowest BCUT2D eigenvalue weighted by molar-refractivity contribution is 0.263. The van der Waals surface area contributed by atoms with Crippen LogP contribution in [0, 0.1) is 0 Å². The lowest BCUT2D eigenvalue weighted by Crippen LogP contribution is -2.19. The molecule has 0 aromatic heterocycles. The molecule has 0 amide bonds. The zero-order chi connectivity index (χ0) is 20.8. The summed E-state index contributed by atoms with van der Waals surface area (Å²) in [6.45, 7) is 6.37. The van der Waals surface area contributed by atoms with Gasteiger partial charge < -0.3 is 18.9 Å². The topological polar surface area (TPSA) is 43.5 Å². The van der Waals surface area contributed by atoms with Crippen LogP contribution in [0.5, 0.6) is 11.5 Å². The Balaban J connectivity index is 1.59. The van der Waals surface area contributed by atoms with E-state index in [1.165, 1.54) is 0 Å². The summed E-state index contributed by atoms with van der Waals surface area (Å²) in [4.78, 5) is 0. The van der Waals surface area contributed by atoms with Crippen LogP contribution < -0.4 is 9.47 Å². The van der Waals surface area contributed by atoms with E-state index in [1.54, 1.807) is 0 Å². The van der Waals surface area contributed by atoms with Gasteiger partial charge in [-0.05, 0) is 35.4 Å². The number of ether oxygens (including phenoxy) is 4. The van der Waals surface area contributed by atoms with Crippen molar-refractivity contribution in [1.29, 1.82) is 0 Å². The van der Waals surface area contributed by atoms with Crippen molar-refractivity contribution in [2.24, 2.45) is 0 Å². The average Bonchev–Trinajstić information content (AvgIpc) is 3.54. The van der Waals surface area contributed by atoms with Crippen LogP contribution in [0.1, 0.15) is 25.0 Å². The molecular formula is C21H20Cl4O4. The van der Waals surface area contributed by atoms with Gasteiger partial charge in [-0.2, -0.15) is 0 Å². The Kier molecular flexibility index (Phi) is 6.14. The minimum absolute atomic E-state index is 0.120. The Hall–Kier alpha value is -0.880. The van der Waals surface area contributed by atoms with Crippen molar-refractivity contribution in [3.05, 3.63) is 55.5 Å². The zero-order valence-electron chi connectivity index (χ0n) is 15.9. The van der Waals surface area contributed by atoms with E-state index in [1.807, 2.05) is 38.1 Å². The standard InChI is InChI=1S/C21H20Cl4O4/c1-21(2,11-3-15(22)19(16(23)4-11)28-9-13-7-26-13)12-5-17(24)20(18(25)6-12)29-10-14-8-27-14/h3-6,13-14H,7-10H2,1-2H3. The van der Waals surface area contributed by atoms with Crippen molar-refractivity contribution in [1.82, 2.24) is 0 Å². The second-order valence-electron chi connectivity index (χ2n) is 7.70. The molecule has 2 aromatic rings. The Morgan fingerprint density at radius 2 is 1.07 bits per heavy atom. The minimum Gasteiger partial charge on any atom is -0.488 e. The van der Waals surface area contributed by atoms with Gasteiger partial charge >= 0.3 is 0 Å². The molecule has 0 N–H and O–H groups in total. The maximum absolute atomic E-state index is 6.46. The van der Waals surface area contributed by atoms with E-state index in [2.05, 4.69) is 0 Å². The third kappa shape index (κ3) is 4.90. The minimum atomic E-state index is -0.461. The van der Waals surface area contributed by atoms with Crippen molar-refractivity contribution in [2.75, 3.05) is 26.4 Å². The second kappa shape index (κ2) is 8.33. The highest BCUT2D eigenvalue weighted by Crippen LogP contribution is 2.44. The highest BCUT2D eigenvalue weighted by atomic mass is 35.5. The summed E-state index contributed by atoms with van der Waals surface area (Å²) in [5.41, 5.74) is 1.36.